The van der Waals surface area contributed by atoms with Crippen LogP contribution < -0.4 is 5.56 Å². The van der Waals surface area contributed by atoms with E-state index < -0.39 is 21.4 Å². The molecule has 0 atom stereocenters. The first kappa shape index (κ1) is 21.2. The number of esters is 1. The Labute approximate surface area is 172 Å². The van der Waals surface area contributed by atoms with Crippen molar-refractivity contribution in [3.05, 3.63) is 58.9 Å². The van der Waals surface area contributed by atoms with E-state index in [1.807, 2.05) is 0 Å². The molecule has 2 aromatic carbocycles. The highest BCUT2D eigenvalue weighted by Crippen LogP contribution is 2.32. The fourth-order valence-corrected chi connectivity index (χ4v) is 3.88. The molecule has 0 aliphatic heterocycles. The maximum absolute atomic E-state index is 12.5. The van der Waals surface area contributed by atoms with Crippen molar-refractivity contribution in [2.75, 3.05) is 12.4 Å². The molecule has 3 aromatic rings. The van der Waals surface area contributed by atoms with Crippen LogP contribution in [0.4, 0.5) is 11.4 Å². The zero-order valence-corrected chi connectivity index (χ0v) is 17.1. The number of aromatic hydroxyl groups is 1. The second-order valence-corrected chi connectivity index (χ2v) is 8.54. The molecule has 10 heteroatoms. The summed E-state index contributed by atoms with van der Waals surface area (Å²) in [6, 6.07) is 12.4. The molecule has 0 unspecified atom stereocenters. The Hall–Kier alpha value is -3.53. The van der Waals surface area contributed by atoms with Gasteiger partial charge in [0.25, 0.3) is 5.56 Å². The van der Waals surface area contributed by atoms with E-state index in [0.29, 0.717) is 16.6 Å². The lowest BCUT2D eigenvalue weighted by molar-refractivity contribution is -0.140. The average molecular weight is 429 g/mol. The number of rotatable bonds is 6. The normalized spacial score (nSPS) is 11.8. The number of carbonyl (C=O) groups excluding carboxylic acids is 1. The summed E-state index contributed by atoms with van der Waals surface area (Å²) in [5, 5.41) is 18.7. The number of benzene rings is 2. The van der Waals surface area contributed by atoms with Crippen LogP contribution in [0.1, 0.15) is 6.92 Å². The predicted octanol–water partition coefficient (Wildman–Crippen LogP) is 3.00. The molecule has 0 radical (unpaired) electrons. The van der Waals surface area contributed by atoms with Gasteiger partial charge in [0, 0.05) is 19.4 Å². The molecule has 0 aliphatic carbocycles. The number of hydrogen-bond donors (Lipinski definition) is 1. The van der Waals surface area contributed by atoms with Crippen molar-refractivity contribution in [2.24, 2.45) is 17.3 Å². The van der Waals surface area contributed by atoms with Crippen molar-refractivity contribution < 1.29 is 23.1 Å². The van der Waals surface area contributed by atoms with Gasteiger partial charge in [0.05, 0.1) is 21.9 Å². The minimum absolute atomic E-state index is 0.0399. The first-order valence-corrected chi connectivity index (χ1v) is 10.5. The fourth-order valence-electron chi connectivity index (χ4n) is 2.79. The number of carbonyl (C=O) groups is 1. The number of fused-ring (bicyclic) bond motifs is 1. The van der Waals surface area contributed by atoms with Gasteiger partial charge < -0.3 is 14.4 Å². The van der Waals surface area contributed by atoms with E-state index in [2.05, 4.69) is 15.0 Å². The van der Waals surface area contributed by atoms with Crippen LogP contribution in [0.3, 0.4) is 0 Å². The van der Waals surface area contributed by atoms with Crippen molar-refractivity contribution in [3.8, 4) is 5.75 Å². The molecular weight excluding hydrogens is 410 g/mol. The molecule has 30 heavy (non-hydrogen) atoms. The van der Waals surface area contributed by atoms with Gasteiger partial charge in [0.2, 0.25) is 0 Å². The number of ether oxygens (including phenoxy) is 1. The highest BCUT2D eigenvalue weighted by molar-refractivity contribution is 7.91. The average Bonchev–Trinajstić information content (AvgIpc) is 2.72. The standard InChI is InChI=1S/C20H19N3O6S/c1-13(24)29-11-12-30(27,28)15-9-7-14(8-10-15)21-22-18-19(25)16-5-3-4-6-17(16)23(2)20(18)26/h3-10,25H,11-12H2,1-2H3. The fraction of sp³-hybridized carbons (Fsp3) is 0.200. The van der Waals surface area contributed by atoms with Crippen LogP contribution in [0.15, 0.2) is 68.4 Å². The van der Waals surface area contributed by atoms with Crippen LogP contribution in [-0.2, 0) is 26.4 Å². The Morgan fingerprint density at radius 1 is 1.10 bits per heavy atom. The van der Waals surface area contributed by atoms with E-state index in [1.54, 1.807) is 31.3 Å². The van der Waals surface area contributed by atoms with Crippen molar-refractivity contribution in [1.29, 1.82) is 0 Å². The van der Waals surface area contributed by atoms with E-state index in [-0.39, 0.29) is 28.7 Å². The summed E-state index contributed by atoms with van der Waals surface area (Å²) in [6.07, 6.45) is 0. The van der Waals surface area contributed by atoms with Gasteiger partial charge in [-0.1, -0.05) is 12.1 Å². The molecule has 0 saturated heterocycles. The van der Waals surface area contributed by atoms with Crippen molar-refractivity contribution in [1.82, 2.24) is 4.57 Å². The second kappa shape index (κ2) is 8.46. The molecule has 0 saturated carbocycles. The van der Waals surface area contributed by atoms with Crippen molar-refractivity contribution in [2.45, 2.75) is 11.8 Å². The third-order valence-corrected chi connectivity index (χ3v) is 6.07. The molecule has 0 spiro atoms. The van der Waals surface area contributed by atoms with Gasteiger partial charge in [0.15, 0.2) is 21.3 Å². The Morgan fingerprint density at radius 3 is 2.43 bits per heavy atom. The van der Waals surface area contributed by atoms with Gasteiger partial charge in [-0.25, -0.2) is 8.42 Å². The largest absolute Gasteiger partial charge is 0.505 e. The third kappa shape index (κ3) is 4.38. The summed E-state index contributed by atoms with van der Waals surface area (Å²) in [5.74, 6) is -1.17. The Morgan fingerprint density at radius 2 is 1.77 bits per heavy atom. The number of azo groups is 1. The Bertz CT molecular complexity index is 1290. The minimum atomic E-state index is -3.63. The third-order valence-electron chi connectivity index (χ3n) is 4.37. The lowest BCUT2D eigenvalue weighted by Crippen LogP contribution is -2.16. The number of aromatic nitrogens is 1. The highest BCUT2D eigenvalue weighted by Gasteiger charge is 2.16. The summed E-state index contributed by atoms with van der Waals surface area (Å²) in [7, 11) is -2.06. The van der Waals surface area contributed by atoms with E-state index >= 15 is 0 Å². The summed E-state index contributed by atoms with van der Waals surface area (Å²) < 4.78 is 30.5. The summed E-state index contributed by atoms with van der Waals surface area (Å²) in [4.78, 5) is 23.3. The maximum Gasteiger partial charge on any atom is 0.302 e. The van der Waals surface area contributed by atoms with Crippen LogP contribution in [0.25, 0.3) is 10.9 Å². The number of para-hydroxylation sites is 1. The second-order valence-electron chi connectivity index (χ2n) is 6.43. The number of aryl methyl sites for hydroxylation is 1. The van der Waals surface area contributed by atoms with Gasteiger partial charge >= 0.3 is 5.97 Å². The topological polar surface area (TPSA) is 127 Å². The number of pyridine rings is 1. The lowest BCUT2D eigenvalue weighted by atomic mass is 10.2. The van der Waals surface area contributed by atoms with Crippen LogP contribution in [0.5, 0.6) is 5.75 Å². The monoisotopic (exact) mass is 429 g/mol. The van der Waals surface area contributed by atoms with Crippen LogP contribution in [0.2, 0.25) is 0 Å². The molecule has 0 aliphatic rings. The van der Waals surface area contributed by atoms with E-state index in [1.165, 1.54) is 35.8 Å². The highest BCUT2D eigenvalue weighted by atomic mass is 32.2. The lowest BCUT2D eigenvalue weighted by Gasteiger charge is -2.08. The summed E-state index contributed by atoms with van der Waals surface area (Å²) >= 11 is 0. The molecular formula is C20H19N3O6S. The first-order chi connectivity index (χ1) is 14.2. The first-order valence-electron chi connectivity index (χ1n) is 8.89. The predicted molar refractivity (Wildman–Crippen MR) is 110 cm³/mol. The quantitative estimate of drug-likeness (QED) is 0.474. The van der Waals surface area contributed by atoms with Gasteiger partial charge in [-0.3, -0.25) is 9.59 Å². The Balaban J connectivity index is 1.86. The van der Waals surface area contributed by atoms with E-state index in [0.717, 1.165) is 0 Å². The van der Waals surface area contributed by atoms with Crippen molar-refractivity contribution >= 4 is 38.1 Å². The van der Waals surface area contributed by atoms with Crippen molar-refractivity contribution in [3.63, 3.8) is 0 Å². The molecule has 3 rings (SSSR count). The molecule has 1 aromatic heterocycles. The molecule has 0 bridgehead atoms. The minimum Gasteiger partial charge on any atom is -0.505 e. The molecule has 0 amide bonds. The van der Waals surface area contributed by atoms with Crippen LogP contribution in [-0.4, -0.2) is 36.4 Å². The smallest absolute Gasteiger partial charge is 0.302 e. The van der Waals surface area contributed by atoms with Crippen LogP contribution >= 0.6 is 0 Å². The summed E-state index contributed by atoms with van der Waals surface area (Å²) in [5.41, 5.74) is 0.125. The SMILES string of the molecule is CC(=O)OCCS(=O)(=O)c1ccc(N=Nc2c(O)c3ccccc3n(C)c2=O)cc1. The molecule has 156 valence electrons. The van der Waals surface area contributed by atoms with E-state index in [4.69, 9.17) is 0 Å². The zero-order valence-electron chi connectivity index (χ0n) is 16.3. The number of hydrogen-bond acceptors (Lipinski definition) is 8. The van der Waals surface area contributed by atoms with E-state index in [9.17, 15) is 23.1 Å². The molecule has 1 N–H and O–H groups in total. The molecule has 9 nitrogen and oxygen atoms in total. The molecule has 1 heterocycles. The number of nitrogens with zero attached hydrogens (tertiary/aromatic N) is 3. The maximum atomic E-state index is 12.5. The van der Waals surface area contributed by atoms with Gasteiger partial charge in [-0.2, -0.15) is 5.11 Å². The summed E-state index contributed by atoms with van der Waals surface area (Å²) in [6.45, 7) is 0.969. The van der Waals surface area contributed by atoms with Crippen LogP contribution in [0, 0.1) is 0 Å². The zero-order chi connectivity index (χ0) is 21.9. The Kier molecular flexibility index (Phi) is 5.97. The van der Waals surface area contributed by atoms with Gasteiger partial charge in [-0.15, -0.1) is 5.11 Å². The molecule has 0 fully saturated rings. The van der Waals surface area contributed by atoms with Gasteiger partial charge in [-0.05, 0) is 36.4 Å². The van der Waals surface area contributed by atoms with Gasteiger partial charge in [0.1, 0.15) is 6.61 Å². The number of sulfone groups is 1.